The normalized spacial score (nSPS) is 34.1. The van der Waals surface area contributed by atoms with Gasteiger partial charge in [0.2, 0.25) is 4.75 Å². The van der Waals surface area contributed by atoms with Crippen LogP contribution in [-0.4, -0.2) is 32.0 Å². The number of rotatable bonds is 4. The molecule has 2 unspecified atom stereocenters. The van der Waals surface area contributed by atoms with E-state index in [0.29, 0.717) is 9.92 Å². The Morgan fingerprint density at radius 2 is 1.92 bits per heavy atom. The number of nitrogens with one attached hydrogen (secondary N) is 1. The van der Waals surface area contributed by atoms with E-state index in [-0.39, 0.29) is 23.8 Å². The van der Waals surface area contributed by atoms with Crippen LogP contribution in [0.4, 0.5) is 0 Å². The van der Waals surface area contributed by atoms with E-state index in [9.17, 15) is 14.5 Å². The summed E-state index contributed by atoms with van der Waals surface area (Å²) in [5, 5.41) is 14.2. The van der Waals surface area contributed by atoms with Crippen molar-refractivity contribution in [1.29, 1.82) is 0 Å². The summed E-state index contributed by atoms with van der Waals surface area (Å²) in [6.07, 6.45) is 4.33. The minimum atomic E-state index is -1.48. The third-order valence-corrected chi connectivity index (χ3v) is 8.04. The highest BCUT2D eigenvalue weighted by atomic mass is 35.5. The topological polar surface area (TPSA) is 72.4 Å². The Morgan fingerprint density at radius 3 is 2.48 bits per heavy atom. The predicted molar refractivity (Wildman–Crippen MR) is 97.7 cm³/mol. The van der Waals surface area contributed by atoms with Crippen molar-refractivity contribution >= 4 is 28.7 Å². The molecule has 0 saturated heterocycles. The Balaban J connectivity index is 1.47. The van der Waals surface area contributed by atoms with Crippen LogP contribution in [0.3, 0.4) is 0 Å². The largest absolute Gasteiger partial charge is 0.611 e. The van der Waals surface area contributed by atoms with Crippen LogP contribution >= 0.6 is 11.6 Å². The first-order valence-corrected chi connectivity index (χ1v) is 10.1. The standard InChI is InChI=1S/C19H22ClNO3S/c1-18(2,25(24)12-5-3-11(20)4-6-12)17(22)21-16-14-9-19(23)8-7-13(14)15(16)10-19/h3-7,14-16,23H,8-10H2,1-2H3,(H,21,22)/t14-,15?,16-,19-,25?/m0/s1. The Bertz CT molecular complexity index is 730. The van der Waals surface area contributed by atoms with Crippen molar-refractivity contribution in [3.05, 3.63) is 40.9 Å². The average molecular weight is 380 g/mol. The monoisotopic (exact) mass is 379 g/mol. The molecule has 6 rings (SSSR count). The van der Waals surface area contributed by atoms with Gasteiger partial charge in [-0.3, -0.25) is 4.79 Å². The third kappa shape index (κ3) is 2.72. The van der Waals surface area contributed by atoms with E-state index in [1.54, 1.807) is 38.1 Å². The molecule has 5 aliphatic rings. The van der Waals surface area contributed by atoms with E-state index in [4.69, 9.17) is 11.6 Å². The van der Waals surface area contributed by atoms with Gasteiger partial charge < -0.3 is 15.0 Å². The molecule has 0 heterocycles. The highest BCUT2D eigenvalue weighted by Gasteiger charge is 2.59. The van der Waals surface area contributed by atoms with Crippen molar-refractivity contribution in [2.24, 2.45) is 11.8 Å². The van der Waals surface area contributed by atoms with Gasteiger partial charge in [-0.2, -0.15) is 0 Å². The maximum Gasteiger partial charge on any atom is 0.276 e. The second-order valence-corrected chi connectivity index (χ2v) is 10.5. The van der Waals surface area contributed by atoms with Gasteiger partial charge in [-0.05, 0) is 57.4 Å². The molecule has 4 bridgehead atoms. The third-order valence-electron chi connectivity index (χ3n) is 5.98. The number of benzene rings is 1. The van der Waals surface area contributed by atoms with Crippen molar-refractivity contribution in [2.75, 3.05) is 0 Å². The first kappa shape index (κ1) is 17.4. The molecule has 4 nitrogen and oxygen atoms in total. The zero-order valence-corrected chi connectivity index (χ0v) is 15.9. The van der Waals surface area contributed by atoms with Crippen molar-refractivity contribution in [3.8, 4) is 0 Å². The molecule has 5 aliphatic carbocycles. The molecule has 1 aromatic rings. The van der Waals surface area contributed by atoms with Crippen LogP contribution in [0, 0.1) is 11.8 Å². The van der Waals surface area contributed by atoms with Crippen LogP contribution in [0.5, 0.6) is 0 Å². The van der Waals surface area contributed by atoms with E-state index < -0.39 is 21.5 Å². The number of hydrogen-bond donors (Lipinski definition) is 2. The van der Waals surface area contributed by atoms with Crippen LogP contribution in [0.25, 0.3) is 0 Å². The van der Waals surface area contributed by atoms with Gasteiger partial charge in [0.15, 0.2) is 4.90 Å². The molecule has 0 aromatic heterocycles. The van der Waals surface area contributed by atoms with Crippen LogP contribution in [0.1, 0.15) is 33.1 Å². The van der Waals surface area contributed by atoms with Crippen LogP contribution < -0.4 is 5.32 Å². The number of aliphatic hydroxyl groups is 1. The van der Waals surface area contributed by atoms with Gasteiger partial charge in [0.05, 0.1) is 5.60 Å². The molecule has 2 N–H and O–H groups in total. The Labute approximate surface area is 155 Å². The first-order chi connectivity index (χ1) is 11.7. The zero-order chi connectivity index (χ0) is 18.0. The molecule has 1 amide bonds. The summed E-state index contributed by atoms with van der Waals surface area (Å²) in [6.45, 7) is 3.42. The smallest absolute Gasteiger partial charge is 0.276 e. The lowest BCUT2D eigenvalue weighted by molar-refractivity contribution is -0.129. The fraction of sp³-hybridized carbons (Fsp3) is 0.526. The number of halogens is 1. The highest BCUT2D eigenvalue weighted by molar-refractivity contribution is 7.93. The summed E-state index contributed by atoms with van der Waals surface area (Å²) < 4.78 is 11.8. The van der Waals surface area contributed by atoms with E-state index in [0.717, 1.165) is 19.3 Å². The quantitative estimate of drug-likeness (QED) is 0.624. The van der Waals surface area contributed by atoms with E-state index in [2.05, 4.69) is 11.4 Å². The number of carbonyl (C=O) groups is 1. The van der Waals surface area contributed by atoms with Crippen molar-refractivity contribution in [1.82, 2.24) is 5.32 Å². The van der Waals surface area contributed by atoms with Crippen molar-refractivity contribution < 1.29 is 14.5 Å². The van der Waals surface area contributed by atoms with E-state index in [1.165, 1.54) is 5.57 Å². The predicted octanol–water partition coefficient (Wildman–Crippen LogP) is 2.81. The molecular formula is C19H22ClNO3S. The van der Waals surface area contributed by atoms with Gasteiger partial charge >= 0.3 is 0 Å². The van der Waals surface area contributed by atoms with E-state index >= 15 is 0 Å². The number of fused-ring (bicyclic) bond motifs is 1. The van der Waals surface area contributed by atoms with Gasteiger partial charge in [-0.15, -0.1) is 0 Å². The molecule has 3 saturated carbocycles. The second-order valence-electron chi connectivity index (χ2n) is 7.99. The molecule has 0 spiro atoms. The number of carbonyl (C=O) groups excluding carboxylic acids is 1. The molecule has 0 aliphatic heterocycles. The van der Waals surface area contributed by atoms with Gasteiger partial charge in [0, 0.05) is 34.1 Å². The average Bonchev–Trinajstić information content (AvgIpc) is 2.58. The maximum atomic E-state index is 12.9. The zero-order valence-electron chi connectivity index (χ0n) is 14.3. The molecular weight excluding hydrogens is 358 g/mol. The molecule has 25 heavy (non-hydrogen) atoms. The summed E-state index contributed by atoms with van der Waals surface area (Å²) in [5.41, 5.74) is 0.804. The Kier molecular flexibility index (Phi) is 4.00. The molecule has 1 aromatic carbocycles. The summed E-state index contributed by atoms with van der Waals surface area (Å²) in [7, 11) is 0. The van der Waals surface area contributed by atoms with Gasteiger partial charge in [0.25, 0.3) is 5.91 Å². The van der Waals surface area contributed by atoms with Crippen molar-refractivity contribution in [3.63, 3.8) is 0 Å². The SMILES string of the molecule is CC(C)(C(=O)N[C@@H]1C2C[C@]3(O)CC=C2[C@@H]1C3)[S+]([O-])c1ccc(Cl)cc1. The van der Waals surface area contributed by atoms with Crippen LogP contribution in [0.15, 0.2) is 40.8 Å². The van der Waals surface area contributed by atoms with Crippen LogP contribution in [-0.2, 0) is 16.0 Å². The fourth-order valence-electron chi connectivity index (χ4n) is 4.48. The minimum Gasteiger partial charge on any atom is -0.611 e. The van der Waals surface area contributed by atoms with Gasteiger partial charge in [0.1, 0.15) is 0 Å². The fourth-order valence-corrected chi connectivity index (χ4v) is 5.81. The van der Waals surface area contributed by atoms with Gasteiger partial charge in [-0.1, -0.05) is 23.3 Å². The Morgan fingerprint density at radius 1 is 1.32 bits per heavy atom. The molecule has 3 fully saturated rings. The Hall–Kier alpha value is -1.01. The lowest BCUT2D eigenvalue weighted by Crippen LogP contribution is -2.67. The minimum absolute atomic E-state index is 0.0563. The summed E-state index contributed by atoms with van der Waals surface area (Å²) in [4.78, 5) is 13.4. The van der Waals surface area contributed by atoms with Gasteiger partial charge in [-0.25, -0.2) is 0 Å². The summed E-state index contributed by atoms with van der Waals surface area (Å²) >= 11 is 4.40. The molecule has 6 heteroatoms. The summed E-state index contributed by atoms with van der Waals surface area (Å²) in [5.74, 6) is 0.272. The number of amides is 1. The number of hydrogen-bond acceptors (Lipinski definition) is 3. The lowest BCUT2D eigenvalue weighted by atomic mass is 9.49. The van der Waals surface area contributed by atoms with Crippen LogP contribution in [0.2, 0.25) is 5.02 Å². The second kappa shape index (κ2) is 5.74. The highest BCUT2D eigenvalue weighted by Crippen LogP contribution is 2.58. The molecule has 5 atom stereocenters. The first-order valence-electron chi connectivity index (χ1n) is 8.62. The van der Waals surface area contributed by atoms with E-state index in [1.807, 2.05) is 0 Å². The maximum absolute atomic E-state index is 12.9. The van der Waals surface area contributed by atoms with Crippen molar-refractivity contribution in [2.45, 2.75) is 54.4 Å². The lowest BCUT2D eigenvalue weighted by Gasteiger charge is -2.60. The summed E-state index contributed by atoms with van der Waals surface area (Å²) in [6, 6.07) is 6.82. The molecule has 0 radical (unpaired) electrons. The molecule has 134 valence electrons.